The highest BCUT2D eigenvalue weighted by molar-refractivity contribution is 5.96. The second kappa shape index (κ2) is 7.44. The SMILES string of the molecule is CCCCNC(=O)N1CC[C@]2(C1)CN(c1ccccc1)C(=O)CN2C. The van der Waals surface area contributed by atoms with Crippen molar-refractivity contribution >= 4 is 17.6 Å². The predicted octanol–water partition coefficient (Wildman–Crippen LogP) is 1.92. The van der Waals surface area contributed by atoms with Gasteiger partial charge in [0.1, 0.15) is 0 Å². The Labute approximate surface area is 149 Å². The van der Waals surface area contributed by atoms with Crippen LogP contribution in [0, 0.1) is 0 Å². The number of benzene rings is 1. The van der Waals surface area contributed by atoms with Crippen molar-refractivity contribution in [3.8, 4) is 0 Å². The Balaban J connectivity index is 1.70. The number of hydrogen-bond acceptors (Lipinski definition) is 3. The van der Waals surface area contributed by atoms with Gasteiger partial charge in [-0.05, 0) is 32.0 Å². The number of likely N-dealkylation sites (tertiary alicyclic amines) is 1. The van der Waals surface area contributed by atoms with Crippen molar-refractivity contribution in [2.75, 3.05) is 44.7 Å². The van der Waals surface area contributed by atoms with Crippen LogP contribution in [0.25, 0.3) is 0 Å². The highest BCUT2D eigenvalue weighted by atomic mass is 16.2. The molecular formula is C19H28N4O2. The molecule has 6 nitrogen and oxygen atoms in total. The minimum atomic E-state index is -0.161. The van der Waals surface area contributed by atoms with E-state index in [1.807, 2.05) is 47.2 Å². The molecule has 1 aromatic carbocycles. The topological polar surface area (TPSA) is 55.9 Å². The minimum absolute atomic E-state index is 0.0156. The molecule has 2 aliphatic heterocycles. The molecule has 1 atom stereocenters. The van der Waals surface area contributed by atoms with Gasteiger partial charge in [0, 0.05) is 31.9 Å². The average Bonchev–Trinajstić information content (AvgIpc) is 3.05. The number of carbonyl (C=O) groups is 2. The molecule has 6 heteroatoms. The van der Waals surface area contributed by atoms with Gasteiger partial charge in [0.2, 0.25) is 5.91 Å². The molecule has 1 aromatic rings. The van der Waals surface area contributed by atoms with Crippen molar-refractivity contribution in [2.45, 2.75) is 31.7 Å². The highest BCUT2D eigenvalue weighted by Gasteiger charge is 2.48. The summed E-state index contributed by atoms with van der Waals surface area (Å²) in [5.41, 5.74) is 0.775. The van der Waals surface area contributed by atoms with Crippen LogP contribution < -0.4 is 10.2 Å². The maximum atomic E-state index is 12.5. The van der Waals surface area contributed by atoms with Gasteiger partial charge in [-0.1, -0.05) is 31.5 Å². The molecule has 0 saturated carbocycles. The molecular weight excluding hydrogens is 316 g/mol. The summed E-state index contributed by atoms with van der Waals surface area (Å²) in [6.45, 7) is 5.26. The second-order valence-electron chi connectivity index (χ2n) is 7.15. The fourth-order valence-corrected chi connectivity index (χ4v) is 3.76. The van der Waals surface area contributed by atoms with Crippen LogP contribution in [-0.2, 0) is 4.79 Å². The molecule has 1 spiro atoms. The molecule has 3 amide bonds. The van der Waals surface area contributed by atoms with Crippen LogP contribution in [0.1, 0.15) is 26.2 Å². The van der Waals surface area contributed by atoms with Gasteiger partial charge in [-0.25, -0.2) is 4.79 Å². The maximum absolute atomic E-state index is 12.5. The summed E-state index contributed by atoms with van der Waals surface area (Å²) < 4.78 is 0. The van der Waals surface area contributed by atoms with Crippen molar-refractivity contribution in [2.24, 2.45) is 0 Å². The molecule has 136 valence electrons. The van der Waals surface area contributed by atoms with E-state index >= 15 is 0 Å². The normalized spacial score (nSPS) is 24.2. The zero-order valence-corrected chi connectivity index (χ0v) is 15.2. The van der Waals surface area contributed by atoms with Crippen LogP contribution in [0.4, 0.5) is 10.5 Å². The van der Waals surface area contributed by atoms with Crippen molar-refractivity contribution in [3.63, 3.8) is 0 Å². The first-order chi connectivity index (χ1) is 12.1. The van der Waals surface area contributed by atoms with Gasteiger partial charge in [0.05, 0.1) is 12.1 Å². The lowest BCUT2D eigenvalue weighted by Gasteiger charge is -2.46. The smallest absolute Gasteiger partial charge is 0.317 e. The van der Waals surface area contributed by atoms with Gasteiger partial charge in [0.25, 0.3) is 0 Å². The third kappa shape index (κ3) is 3.63. The van der Waals surface area contributed by atoms with Crippen molar-refractivity contribution in [1.29, 1.82) is 0 Å². The number of piperazine rings is 1. The minimum Gasteiger partial charge on any atom is -0.338 e. The molecule has 25 heavy (non-hydrogen) atoms. The van der Waals surface area contributed by atoms with Crippen LogP contribution in [0.15, 0.2) is 30.3 Å². The van der Waals surface area contributed by atoms with Gasteiger partial charge in [-0.3, -0.25) is 9.69 Å². The first-order valence-electron chi connectivity index (χ1n) is 9.15. The summed E-state index contributed by atoms with van der Waals surface area (Å²) in [6, 6.07) is 9.83. The summed E-state index contributed by atoms with van der Waals surface area (Å²) in [5, 5.41) is 3.00. The average molecular weight is 344 g/mol. The number of hydrogen-bond donors (Lipinski definition) is 1. The number of nitrogens with zero attached hydrogens (tertiary/aromatic N) is 3. The summed E-state index contributed by atoms with van der Waals surface area (Å²) in [5.74, 6) is 0.116. The van der Waals surface area contributed by atoms with E-state index in [1.54, 1.807) is 0 Å². The standard InChI is InChI=1S/C19H28N4O2/c1-3-4-11-20-18(25)22-12-10-19(14-22)15-23(17(24)13-21(19)2)16-8-6-5-7-9-16/h5-9H,3-4,10-15H2,1-2H3,(H,20,25)/t19-/m0/s1. The van der Waals surface area contributed by atoms with E-state index in [2.05, 4.69) is 17.1 Å². The number of urea groups is 1. The molecule has 0 unspecified atom stereocenters. The van der Waals surface area contributed by atoms with Gasteiger partial charge in [-0.15, -0.1) is 0 Å². The second-order valence-corrected chi connectivity index (χ2v) is 7.15. The van der Waals surface area contributed by atoms with Crippen LogP contribution in [0.5, 0.6) is 0 Å². The van der Waals surface area contributed by atoms with Gasteiger partial charge in [0.15, 0.2) is 0 Å². The number of likely N-dealkylation sites (N-methyl/N-ethyl adjacent to an activating group) is 1. The number of anilines is 1. The Morgan fingerprint density at radius 1 is 1.24 bits per heavy atom. The number of amides is 3. The fourth-order valence-electron chi connectivity index (χ4n) is 3.76. The summed E-state index contributed by atoms with van der Waals surface area (Å²) in [7, 11) is 2.00. The maximum Gasteiger partial charge on any atom is 0.317 e. The van der Waals surface area contributed by atoms with Crippen molar-refractivity contribution < 1.29 is 9.59 Å². The third-order valence-corrected chi connectivity index (χ3v) is 5.43. The third-order valence-electron chi connectivity index (χ3n) is 5.43. The van der Waals surface area contributed by atoms with E-state index in [0.29, 0.717) is 19.6 Å². The van der Waals surface area contributed by atoms with Crippen molar-refractivity contribution in [3.05, 3.63) is 30.3 Å². The molecule has 0 radical (unpaired) electrons. The Morgan fingerprint density at radius 3 is 2.72 bits per heavy atom. The van der Waals surface area contributed by atoms with Crippen LogP contribution in [0.2, 0.25) is 0 Å². The molecule has 0 aromatic heterocycles. The van der Waals surface area contributed by atoms with E-state index in [0.717, 1.165) is 38.0 Å². The van der Waals surface area contributed by atoms with Crippen LogP contribution in [-0.4, -0.2) is 67.0 Å². The lowest BCUT2D eigenvalue weighted by Crippen LogP contribution is -2.64. The molecule has 2 fully saturated rings. The quantitative estimate of drug-likeness (QED) is 0.849. The Morgan fingerprint density at radius 2 is 2.00 bits per heavy atom. The van der Waals surface area contributed by atoms with Gasteiger partial charge >= 0.3 is 6.03 Å². The fraction of sp³-hybridized carbons (Fsp3) is 0.579. The zero-order chi connectivity index (χ0) is 17.9. The van der Waals surface area contributed by atoms with E-state index in [-0.39, 0.29) is 17.5 Å². The summed E-state index contributed by atoms with van der Waals surface area (Å²) >= 11 is 0. The largest absolute Gasteiger partial charge is 0.338 e. The number of rotatable bonds is 4. The van der Waals surface area contributed by atoms with Gasteiger partial charge < -0.3 is 15.1 Å². The molecule has 0 bridgehead atoms. The monoisotopic (exact) mass is 344 g/mol. The molecule has 2 heterocycles. The zero-order valence-electron chi connectivity index (χ0n) is 15.2. The summed E-state index contributed by atoms with van der Waals surface area (Å²) in [6.07, 6.45) is 2.96. The van der Waals surface area contributed by atoms with Crippen LogP contribution in [0.3, 0.4) is 0 Å². The van der Waals surface area contributed by atoms with E-state index in [9.17, 15) is 9.59 Å². The number of carbonyl (C=O) groups excluding carboxylic acids is 2. The number of unbranched alkanes of at least 4 members (excludes halogenated alkanes) is 1. The summed E-state index contributed by atoms with van der Waals surface area (Å²) in [4.78, 5) is 30.8. The molecule has 0 aliphatic carbocycles. The lowest BCUT2D eigenvalue weighted by atomic mass is 9.92. The first-order valence-corrected chi connectivity index (χ1v) is 9.15. The Bertz CT molecular complexity index is 621. The molecule has 1 N–H and O–H groups in total. The van der Waals surface area contributed by atoms with Crippen LogP contribution >= 0.6 is 0 Å². The van der Waals surface area contributed by atoms with E-state index in [4.69, 9.17) is 0 Å². The van der Waals surface area contributed by atoms with Crippen molar-refractivity contribution in [1.82, 2.24) is 15.1 Å². The van der Waals surface area contributed by atoms with E-state index < -0.39 is 0 Å². The number of para-hydroxylation sites is 1. The predicted molar refractivity (Wildman–Crippen MR) is 98.7 cm³/mol. The molecule has 3 rings (SSSR count). The highest BCUT2D eigenvalue weighted by Crippen LogP contribution is 2.33. The Hall–Kier alpha value is -2.08. The number of nitrogens with one attached hydrogen (secondary N) is 1. The molecule has 2 aliphatic rings. The Kier molecular flexibility index (Phi) is 5.27. The first kappa shape index (κ1) is 17.7. The lowest BCUT2D eigenvalue weighted by molar-refractivity contribution is -0.123. The van der Waals surface area contributed by atoms with E-state index in [1.165, 1.54) is 0 Å². The molecule has 2 saturated heterocycles. The van der Waals surface area contributed by atoms with Gasteiger partial charge in [-0.2, -0.15) is 0 Å².